The van der Waals surface area contributed by atoms with E-state index >= 15 is 0 Å². The van der Waals surface area contributed by atoms with Crippen LogP contribution >= 0.6 is 0 Å². The molecule has 0 unspecified atom stereocenters. The molecule has 6 aromatic carbocycles. The van der Waals surface area contributed by atoms with Gasteiger partial charge in [0, 0.05) is 6.42 Å². The molecule has 2 heteroatoms. The lowest BCUT2D eigenvalue weighted by molar-refractivity contribution is 0.0509. The second-order valence-electron chi connectivity index (χ2n) is 8.45. The van der Waals surface area contributed by atoms with Crippen LogP contribution in [0.5, 0.6) is 0 Å². The maximum atomic E-state index is 12.8. The second kappa shape index (κ2) is 8.07. The van der Waals surface area contributed by atoms with Crippen LogP contribution in [0.2, 0.25) is 0 Å². The molecule has 0 aliphatic heterocycles. The van der Waals surface area contributed by atoms with Crippen LogP contribution in [0.1, 0.15) is 15.9 Å². The summed E-state index contributed by atoms with van der Waals surface area (Å²) in [6, 6.07) is 37.5. The molecule has 0 N–H and O–H groups in total. The number of hydrogen-bond acceptors (Lipinski definition) is 2. The first kappa shape index (κ1) is 19.5. The van der Waals surface area contributed by atoms with Crippen molar-refractivity contribution in [2.24, 2.45) is 0 Å². The quantitative estimate of drug-likeness (QED) is 0.213. The van der Waals surface area contributed by atoms with Gasteiger partial charge in [-0.1, -0.05) is 97.1 Å². The van der Waals surface area contributed by atoms with Crippen molar-refractivity contribution in [3.63, 3.8) is 0 Å². The van der Waals surface area contributed by atoms with Crippen LogP contribution in [-0.2, 0) is 11.2 Å². The minimum atomic E-state index is -0.281. The Morgan fingerprint density at radius 2 is 1.06 bits per heavy atom. The van der Waals surface area contributed by atoms with E-state index in [1.54, 1.807) is 0 Å². The van der Waals surface area contributed by atoms with Gasteiger partial charge < -0.3 is 4.74 Å². The Labute approximate surface area is 192 Å². The molecular weight excluding hydrogens is 404 g/mol. The lowest BCUT2D eigenvalue weighted by atomic mass is 9.99. The van der Waals surface area contributed by atoms with Crippen molar-refractivity contribution in [2.75, 3.05) is 6.61 Å². The predicted molar refractivity (Wildman–Crippen MR) is 137 cm³/mol. The van der Waals surface area contributed by atoms with Crippen LogP contribution in [0.25, 0.3) is 43.1 Å². The van der Waals surface area contributed by atoms with Crippen molar-refractivity contribution in [3.05, 3.63) is 120 Å². The van der Waals surface area contributed by atoms with Crippen LogP contribution in [-0.4, -0.2) is 12.6 Å². The number of rotatable bonds is 4. The van der Waals surface area contributed by atoms with Gasteiger partial charge in [-0.05, 0) is 60.8 Å². The second-order valence-corrected chi connectivity index (χ2v) is 8.45. The van der Waals surface area contributed by atoms with E-state index in [4.69, 9.17) is 4.74 Å². The maximum Gasteiger partial charge on any atom is 0.338 e. The Kier molecular flexibility index (Phi) is 4.77. The molecule has 33 heavy (non-hydrogen) atoms. The highest BCUT2D eigenvalue weighted by Crippen LogP contribution is 2.28. The van der Waals surface area contributed by atoms with Gasteiger partial charge in [-0.2, -0.15) is 0 Å². The van der Waals surface area contributed by atoms with Crippen LogP contribution < -0.4 is 0 Å². The van der Waals surface area contributed by atoms with Gasteiger partial charge in [0.25, 0.3) is 0 Å². The number of esters is 1. The third kappa shape index (κ3) is 3.60. The topological polar surface area (TPSA) is 26.3 Å². The highest BCUT2D eigenvalue weighted by molar-refractivity contribution is 6.10. The van der Waals surface area contributed by atoms with Gasteiger partial charge in [0.05, 0.1) is 12.2 Å². The zero-order valence-corrected chi connectivity index (χ0v) is 18.1. The lowest BCUT2D eigenvalue weighted by Gasteiger charge is -2.09. The van der Waals surface area contributed by atoms with E-state index in [1.807, 2.05) is 30.3 Å². The third-order valence-corrected chi connectivity index (χ3v) is 6.42. The summed E-state index contributed by atoms with van der Waals surface area (Å²) in [5, 5.41) is 9.44. The Morgan fingerprint density at radius 1 is 0.545 bits per heavy atom. The number of carbonyl (C=O) groups is 1. The Balaban J connectivity index is 1.22. The summed E-state index contributed by atoms with van der Waals surface area (Å²) in [4.78, 5) is 12.8. The van der Waals surface area contributed by atoms with Gasteiger partial charge in [-0.3, -0.25) is 0 Å². The third-order valence-electron chi connectivity index (χ3n) is 6.42. The number of ether oxygens (including phenoxy) is 1. The van der Waals surface area contributed by atoms with Gasteiger partial charge in [0.1, 0.15) is 0 Å². The van der Waals surface area contributed by atoms with Gasteiger partial charge in [0.2, 0.25) is 0 Å². The van der Waals surface area contributed by atoms with Gasteiger partial charge in [0.15, 0.2) is 0 Å². The fourth-order valence-electron chi connectivity index (χ4n) is 4.68. The van der Waals surface area contributed by atoms with Crippen LogP contribution in [0.3, 0.4) is 0 Å². The SMILES string of the molecule is O=C(OCCc1ccc2ccc3ccccc3c2c1)c1ccc2ccc3ccccc3c2c1. The van der Waals surface area contributed by atoms with E-state index in [9.17, 15) is 4.79 Å². The Bertz CT molecular complexity index is 1660. The summed E-state index contributed by atoms with van der Waals surface area (Å²) < 4.78 is 5.65. The average molecular weight is 427 g/mol. The molecule has 0 aliphatic carbocycles. The number of carbonyl (C=O) groups excluding carboxylic acids is 1. The molecule has 0 spiro atoms. The molecule has 6 rings (SSSR count). The molecule has 0 aromatic heterocycles. The van der Waals surface area contributed by atoms with E-state index in [-0.39, 0.29) is 5.97 Å². The molecule has 0 bridgehead atoms. The molecule has 0 fully saturated rings. The van der Waals surface area contributed by atoms with Crippen LogP contribution in [0.4, 0.5) is 0 Å². The smallest absolute Gasteiger partial charge is 0.338 e. The largest absolute Gasteiger partial charge is 0.462 e. The summed E-state index contributed by atoms with van der Waals surface area (Å²) in [6.07, 6.45) is 0.682. The molecule has 6 aromatic rings. The van der Waals surface area contributed by atoms with Gasteiger partial charge in [-0.15, -0.1) is 0 Å². The highest BCUT2D eigenvalue weighted by atomic mass is 16.5. The zero-order valence-electron chi connectivity index (χ0n) is 18.1. The first-order valence-corrected chi connectivity index (χ1v) is 11.3. The number of benzene rings is 6. The average Bonchev–Trinajstić information content (AvgIpc) is 2.88. The van der Waals surface area contributed by atoms with Crippen LogP contribution in [0, 0.1) is 0 Å². The van der Waals surface area contributed by atoms with Crippen molar-refractivity contribution in [3.8, 4) is 0 Å². The zero-order chi connectivity index (χ0) is 22.2. The fourth-order valence-corrected chi connectivity index (χ4v) is 4.68. The maximum absolute atomic E-state index is 12.8. The summed E-state index contributed by atoms with van der Waals surface area (Å²) in [5.74, 6) is -0.281. The molecule has 0 amide bonds. The predicted octanol–water partition coefficient (Wildman–Crippen LogP) is 7.70. The van der Waals surface area contributed by atoms with Gasteiger partial charge in [-0.25, -0.2) is 4.79 Å². The highest BCUT2D eigenvalue weighted by Gasteiger charge is 2.10. The van der Waals surface area contributed by atoms with Crippen molar-refractivity contribution in [1.29, 1.82) is 0 Å². The van der Waals surface area contributed by atoms with Crippen molar-refractivity contribution in [2.45, 2.75) is 6.42 Å². The molecule has 0 atom stereocenters. The molecule has 2 nitrogen and oxygen atoms in total. The minimum Gasteiger partial charge on any atom is -0.462 e. The normalized spacial score (nSPS) is 11.4. The van der Waals surface area contributed by atoms with E-state index in [1.165, 1.54) is 26.9 Å². The number of fused-ring (bicyclic) bond motifs is 6. The minimum absolute atomic E-state index is 0.281. The molecule has 0 heterocycles. The lowest BCUT2D eigenvalue weighted by Crippen LogP contribution is -2.08. The monoisotopic (exact) mass is 426 g/mol. The van der Waals surface area contributed by atoms with E-state index in [0.717, 1.165) is 21.7 Å². The summed E-state index contributed by atoms with van der Waals surface area (Å²) >= 11 is 0. The molecule has 0 saturated heterocycles. The number of hydrogen-bond donors (Lipinski definition) is 0. The summed E-state index contributed by atoms with van der Waals surface area (Å²) in [7, 11) is 0. The Hall–Kier alpha value is -4.17. The molecule has 0 saturated carbocycles. The van der Waals surface area contributed by atoms with E-state index in [2.05, 4.69) is 78.9 Å². The van der Waals surface area contributed by atoms with Crippen molar-refractivity contribution >= 4 is 49.1 Å². The van der Waals surface area contributed by atoms with E-state index in [0.29, 0.717) is 18.6 Å². The first-order chi connectivity index (χ1) is 16.3. The van der Waals surface area contributed by atoms with Crippen molar-refractivity contribution in [1.82, 2.24) is 0 Å². The molecule has 158 valence electrons. The summed E-state index contributed by atoms with van der Waals surface area (Å²) in [5.41, 5.74) is 1.75. The van der Waals surface area contributed by atoms with Gasteiger partial charge >= 0.3 is 5.97 Å². The molecule has 0 radical (unpaired) electrons. The standard InChI is InChI=1S/C31H22O2/c32-31(26-16-15-25-14-12-23-6-2-4-8-28(23)30(25)20-26)33-18-17-21-9-10-24-13-11-22-5-1-3-7-27(22)29(24)19-21/h1-16,19-20H,17-18H2. The molecular formula is C31H22O2. The summed E-state index contributed by atoms with van der Waals surface area (Å²) in [6.45, 7) is 0.350. The fraction of sp³-hybridized carbons (Fsp3) is 0.0645. The first-order valence-electron chi connectivity index (χ1n) is 11.3. The van der Waals surface area contributed by atoms with Crippen LogP contribution in [0.15, 0.2) is 109 Å². The molecule has 0 aliphatic rings. The van der Waals surface area contributed by atoms with Crippen molar-refractivity contribution < 1.29 is 9.53 Å². The van der Waals surface area contributed by atoms with E-state index < -0.39 is 0 Å². The Morgan fingerprint density at radius 3 is 1.73 bits per heavy atom.